The lowest BCUT2D eigenvalue weighted by Crippen LogP contribution is -1.91. The fourth-order valence-electron chi connectivity index (χ4n) is 1.54. The maximum absolute atomic E-state index is 5.38. The van der Waals surface area contributed by atoms with Gasteiger partial charge in [0.25, 0.3) is 0 Å². The molecule has 5 heteroatoms. The molecule has 5 nitrogen and oxygen atoms in total. The number of nitrogen functional groups attached to an aromatic ring is 1. The number of hydrogen-bond acceptors (Lipinski definition) is 5. The highest BCUT2D eigenvalue weighted by Gasteiger charge is 2.09. The van der Waals surface area contributed by atoms with E-state index in [1.165, 1.54) is 0 Å². The molecule has 1 heterocycles. The number of aryl methyl sites for hydroxylation is 1. The van der Waals surface area contributed by atoms with Crippen molar-refractivity contribution < 1.29 is 9.15 Å². The molecule has 1 aromatic heterocycles. The van der Waals surface area contributed by atoms with Crippen LogP contribution in [0.25, 0.3) is 11.5 Å². The highest BCUT2D eigenvalue weighted by molar-refractivity contribution is 5.57. The van der Waals surface area contributed by atoms with Gasteiger partial charge >= 0.3 is 6.01 Å². The van der Waals surface area contributed by atoms with Gasteiger partial charge in [-0.3, -0.25) is 0 Å². The second-order valence-electron chi connectivity index (χ2n) is 3.33. The molecule has 0 bridgehead atoms. The van der Waals surface area contributed by atoms with Crippen molar-refractivity contribution in [2.75, 3.05) is 12.8 Å². The quantitative estimate of drug-likeness (QED) is 0.853. The van der Waals surface area contributed by atoms with Crippen molar-refractivity contribution >= 4 is 6.01 Å². The molecular weight excluding hydrogens is 206 g/mol. The Labute approximate surface area is 93.2 Å². The molecule has 1 aromatic carbocycles. The molecule has 0 fully saturated rings. The summed E-state index contributed by atoms with van der Waals surface area (Å²) >= 11 is 0. The molecule has 16 heavy (non-hydrogen) atoms. The van der Waals surface area contributed by atoms with Gasteiger partial charge in [0.1, 0.15) is 5.75 Å². The van der Waals surface area contributed by atoms with E-state index in [-0.39, 0.29) is 6.01 Å². The van der Waals surface area contributed by atoms with Crippen LogP contribution >= 0.6 is 0 Å². The van der Waals surface area contributed by atoms with Gasteiger partial charge < -0.3 is 14.9 Å². The molecule has 2 rings (SSSR count). The molecule has 0 amide bonds. The summed E-state index contributed by atoms with van der Waals surface area (Å²) < 4.78 is 10.4. The second-order valence-corrected chi connectivity index (χ2v) is 3.33. The van der Waals surface area contributed by atoms with Gasteiger partial charge in [-0.25, -0.2) is 0 Å². The largest absolute Gasteiger partial charge is 0.496 e. The summed E-state index contributed by atoms with van der Waals surface area (Å²) in [5.41, 5.74) is 7.32. The molecule has 0 spiro atoms. The van der Waals surface area contributed by atoms with Crippen LogP contribution in [0.4, 0.5) is 6.01 Å². The zero-order valence-electron chi connectivity index (χ0n) is 9.23. The Kier molecular flexibility index (Phi) is 2.76. The summed E-state index contributed by atoms with van der Waals surface area (Å²) in [6.45, 7) is 2.06. The normalized spacial score (nSPS) is 10.4. The second kappa shape index (κ2) is 4.22. The van der Waals surface area contributed by atoms with Crippen molar-refractivity contribution in [3.05, 3.63) is 23.8 Å². The average molecular weight is 219 g/mol. The van der Waals surface area contributed by atoms with Crippen LogP contribution in [0, 0.1) is 0 Å². The molecular formula is C11H13N3O2. The standard InChI is InChI=1S/C11H13N3O2/c1-3-7-6-8(4-5-9(7)15-2)10-13-14-11(12)16-10/h4-6H,3H2,1-2H3,(H2,12,14). The van der Waals surface area contributed by atoms with Gasteiger partial charge in [0, 0.05) is 5.56 Å². The molecule has 0 atom stereocenters. The zero-order valence-corrected chi connectivity index (χ0v) is 9.23. The van der Waals surface area contributed by atoms with Crippen LogP contribution in [0.1, 0.15) is 12.5 Å². The van der Waals surface area contributed by atoms with Crippen molar-refractivity contribution in [2.45, 2.75) is 13.3 Å². The number of methoxy groups -OCH3 is 1. The van der Waals surface area contributed by atoms with Gasteiger partial charge in [-0.1, -0.05) is 12.0 Å². The monoisotopic (exact) mass is 219 g/mol. The Morgan fingerprint density at radius 2 is 2.19 bits per heavy atom. The third kappa shape index (κ3) is 1.84. The average Bonchev–Trinajstić information content (AvgIpc) is 2.75. The van der Waals surface area contributed by atoms with Crippen LogP contribution in [0.15, 0.2) is 22.6 Å². The third-order valence-electron chi connectivity index (χ3n) is 2.35. The minimum absolute atomic E-state index is 0.0730. The maximum atomic E-state index is 5.38. The van der Waals surface area contributed by atoms with Crippen LogP contribution in [0.3, 0.4) is 0 Å². The van der Waals surface area contributed by atoms with Crippen molar-refractivity contribution in [3.8, 4) is 17.2 Å². The van der Waals surface area contributed by atoms with E-state index < -0.39 is 0 Å². The Hall–Kier alpha value is -2.04. The van der Waals surface area contributed by atoms with Gasteiger partial charge in [-0.2, -0.15) is 0 Å². The Balaban J connectivity index is 2.43. The number of nitrogens with two attached hydrogens (primary N) is 1. The Bertz CT molecular complexity index is 494. The van der Waals surface area contributed by atoms with Crippen molar-refractivity contribution in [1.29, 1.82) is 0 Å². The maximum Gasteiger partial charge on any atom is 0.313 e. The van der Waals surface area contributed by atoms with Crippen molar-refractivity contribution in [3.63, 3.8) is 0 Å². The molecule has 2 N–H and O–H groups in total. The summed E-state index contributed by atoms with van der Waals surface area (Å²) in [4.78, 5) is 0. The minimum Gasteiger partial charge on any atom is -0.496 e. The zero-order chi connectivity index (χ0) is 11.5. The highest BCUT2D eigenvalue weighted by Crippen LogP contribution is 2.26. The number of ether oxygens (including phenoxy) is 1. The number of hydrogen-bond donors (Lipinski definition) is 1. The van der Waals surface area contributed by atoms with E-state index in [9.17, 15) is 0 Å². The summed E-state index contributed by atoms with van der Waals surface area (Å²) in [5.74, 6) is 1.29. The Morgan fingerprint density at radius 3 is 2.75 bits per heavy atom. The summed E-state index contributed by atoms with van der Waals surface area (Å²) in [6.07, 6.45) is 0.876. The van der Waals surface area contributed by atoms with Crippen molar-refractivity contribution in [1.82, 2.24) is 10.2 Å². The van der Waals surface area contributed by atoms with Crippen LogP contribution in [0.2, 0.25) is 0 Å². The first-order chi connectivity index (χ1) is 7.74. The molecule has 0 aliphatic carbocycles. The topological polar surface area (TPSA) is 74.2 Å². The summed E-state index contributed by atoms with van der Waals surface area (Å²) in [6, 6.07) is 5.79. The van der Waals surface area contributed by atoms with E-state index in [1.807, 2.05) is 18.2 Å². The van der Waals surface area contributed by atoms with E-state index >= 15 is 0 Å². The van der Waals surface area contributed by atoms with Gasteiger partial charge in [0.2, 0.25) is 5.89 Å². The van der Waals surface area contributed by atoms with Crippen molar-refractivity contribution in [2.24, 2.45) is 0 Å². The predicted octanol–water partition coefficient (Wildman–Crippen LogP) is 1.89. The summed E-state index contributed by atoms with van der Waals surface area (Å²) in [7, 11) is 1.65. The number of anilines is 1. The fourth-order valence-corrected chi connectivity index (χ4v) is 1.54. The Morgan fingerprint density at radius 1 is 1.38 bits per heavy atom. The molecule has 0 aliphatic heterocycles. The number of benzene rings is 1. The lowest BCUT2D eigenvalue weighted by Gasteiger charge is -2.06. The van der Waals surface area contributed by atoms with E-state index in [0.29, 0.717) is 5.89 Å². The molecule has 0 saturated heterocycles. The minimum atomic E-state index is 0.0730. The molecule has 2 aromatic rings. The van der Waals surface area contributed by atoms with E-state index in [1.54, 1.807) is 7.11 Å². The smallest absolute Gasteiger partial charge is 0.313 e. The van der Waals surface area contributed by atoms with Crippen LogP contribution in [0.5, 0.6) is 5.75 Å². The van der Waals surface area contributed by atoms with E-state index in [0.717, 1.165) is 23.3 Å². The first-order valence-electron chi connectivity index (χ1n) is 5.01. The molecule has 0 saturated carbocycles. The predicted molar refractivity (Wildman–Crippen MR) is 60.1 cm³/mol. The SMILES string of the molecule is CCc1cc(-c2nnc(N)o2)ccc1OC. The first-order valence-corrected chi connectivity index (χ1v) is 5.01. The molecule has 84 valence electrons. The first kappa shape index (κ1) is 10.5. The van der Waals surface area contributed by atoms with Crippen LogP contribution < -0.4 is 10.5 Å². The van der Waals surface area contributed by atoms with E-state index in [4.69, 9.17) is 14.9 Å². The van der Waals surface area contributed by atoms with Crippen LogP contribution in [-0.2, 0) is 6.42 Å². The number of nitrogens with zero attached hydrogens (tertiary/aromatic N) is 2. The number of aromatic nitrogens is 2. The van der Waals surface area contributed by atoms with Gasteiger partial charge in [-0.15, -0.1) is 5.10 Å². The molecule has 0 radical (unpaired) electrons. The van der Waals surface area contributed by atoms with Gasteiger partial charge in [0.15, 0.2) is 0 Å². The summed E-state index contributed by atoms with van der Waals surface area (Å²) in [5, 5.41) is 7.46. The lowest BCUT2D eigenvalue weighted by molar-refractivity contribution is 0.410. The van der Waals surface area contributed by atoms with Gasteiger partial charge in [0.05, 0.1) is 7.11 Å². The number of rotatable bonds is 3. The van der Waals surface area contributed by atoms with Gasteiger partial charge in [-0.05, 0) is 30.2 Å². The highest BCUT2D eigenvalue weighted by atomic mass is 16.5. The fraction of sp³-hybridized carbons (Fsp3) is 0.273. The molecule has 0 aliphatic rings. The lowest BCUT2D eigenvalue weighted by atomic mass is 10.1. The third-order valence-corrected chi connectivity index (χ3v) is 2.35. The van der Waals surface area contributed by atoms with E-state index in [2.05, 4.69) is 17.1 Å². The molecule has 0 unspecified atom stereocenters. The van der Waals surface area contributed by atoms with Crippen LogP contribution in [-0.4, -0.2) is 17.3 Å².